The van der Waals surface area contributed by atoms with Crippen molar-refractivity contribution in [1.82, 2.24) is 4.90 Å². The second-order valence-electron chi connectivity index (χ2n) is 8.49. The molecule has 6 nitrogen and oxygen atoms in total. The molecule has 1 fully saturated rings. The third kappa shape index (κ3) is 4.70. The summed E-state index contributed by atoms with van der Waals surface area (Å²) in [6.45, 7) is 4.80. The zero-order chi connectivity index (χ0) is 24.2. The molecule has 0 aliphatic carbocycles. The summed E-state index contributed by atoms with van der Waals surface area (Å²) in [6, 6.07) is 17.4. The van der Waals surface area contributed by atoms with Crippen LogP contribution < -0.4 is 9.47 Å². The van der Waals surface area contributed by atoms with Gasteiger partial charge in [0.25, 0.3) is 11.7 Å². The largest absolute Gasteiger partial charge is 0.507 e. The first-order valence-electron chi connectivity index (χ1n) is 11.1. The molecule has 4 rings (SSSR count). The number of carbonyl (C=O) groups is 2. The molecule has 1 aromatic heterocycles. The lowest BCUT2D eigenvalue weighted by atomic mass is 9.99. The number of aliphatic hydroxyl groups is 1. The maximum Gasteiger partial charge on any atom is 0.295 e. The lowest BCUT2D eigenvalue weighted by Gasteiger charge is -2.25. The average Bonchev–Trinajstić information content (AvgIpc) is 3.45. The van der Waals surface area contributed by atoms with E-state index in [0.29, 0.717) is 29.6 Å². The number of methoxy groups -OCH3 is 1. The normalized spacial score (nSPS) is 17.4. The maximum absolute atomic E-state index is 13.2. The highest BCUT2D eigenvalue weighted by Gasteiger charge is 2.46. The molecule has 1 atom stereocenters. The van der Waals surface area contributed by atoms with Gasteiger partial charge in [0.1, 0.15) is 17.3 Å². The SMILES string of the molecule is COc1ccccc1CN1C(=O)C(=O)/C(=C(\O)c2cccc(OCC(C)C)c2)C1c1cccs1. The van der Waals surface area contributed by atoms with Gasteiger partial charge in [0.05, 0.1) is 31.9 Å². The van der Waals surface area contributed by atoms with Crippen LogP contribution in [0, 0.1) is 5.92 Å². The van der Waals surface area contributed by atoms with E-state index >= 15 is 0 Å². The van der Waals surface area contributed by atoms with E-state index in [9.17, 15) is 14.7 Å². The lowest BCUT2D eigenvalue weighted by Crippen LogP contribution is -2.29. The number of amides is 1. The van der Waals surface area contributed by atoms with Gasteiger partial charge < -0.3 is 19.5 Å². The van der Waals surface area contributed by atoms with Crippen molar-refractivity contribution in [2.24, 2.45) is 5.92 Å². The number of Topliss-reactive ketones (excluding diaryl/α,β-unsaturated/α-hetero) is 1. The number of hydrogen-bond acceptors (Lipinski definition) is 6. The number of ketones is 1. The number of para-hydroxylation sites is 1. The monoisotopic (exact) mass is 477 g/mol. The van der Waals surface area contributed by atoms with Gasteiger partial charge in [-0.1, -0.05) is 50.2 Å². The summed E-state index contributed by atoms with van der Waals surface area (Å²) in [7, 11) is 1.57. The smallest absolute Gasteiger partial charge is 0.295 e. The number of nitrogens with zero attached hydrogens (tertiary/aromatic N) is 1. The van der Waals surface area contributed by atoms with Crippen LogP contribution in [0.1, 0.15) is 35.9 Å². The van der Waals surface area contributed by atoms with Gasteiger partial charge in [-0.25, -0.2) is 0 Å². The Bertz CT molecular complexity index is 1220. The topological polar surface area (TPSA) is 76.1 Å². The van der Waals surface area contributed by atoms with Crippen LogP contribution >= 0.6 is 11.3 Å². The van der Waals surface area contributed by atoms with Gasteiger partial charge in [-0.15, -0.1) is 11.3 Å². The number of thiophene rings is 1. The Labute approximate surface area is 203 Å². The number of ether oxygens (including phenoxy) is 2. The lowest BCUT2D eigenvalue weighted by molar-refractivity contribution is -0.140. The molecular weight excluding hydrogens is 450 g/mol. The van der Waals surface area contributed by atoms with Gasteiger partial charge in [0.15, 0.2) is 0 Å². The van der Waals surface area contributed by atoms with E-state index in [4.69, 9.17) is 9.47 Å². The predicted octanol–water partition coefficient (Wildman–Crippen LogP) is 5.41. The molecule has 0 spiro atoms. The van der Waals surface area contributed by atoms with Gasteiger partial charge in [-0.3, -0.25) is 9.59 Å². The van der Waals surface area contributed by atoms with Crippen molar-refractivity contribution in [1.29, 1.82) is 0 Å². The zero-order valence-corrected chi connectivity index (χ0v) is 20.2. The van der Waals surface area contributed by atoms with Crippen molar-refractivity contribution >= 4 is 28.8 Å². The van der Waals surface area contributed by atoms with E-state index in [2.05, 4.69) is 0 Å². The van der Waals surface area contributed by atoms with Gasteiger partial charge >= 0.3 is 0 Å². The Morgan fingerprint density at radius 1 is 1.09 bits per heavy atom. The predicted molar refractivity (Wildman–Crippen MR) is 132 cm³/mol. The zero-order valence-electron chi connectivity index (χ0n) is 19.4. The summed E-state index contributed by atoms with van der Waals surface area (Å²) < 4.78 is 11.2. The molecule has 176 valence electrons. The summed E-state index contributed by atoms with van der Waals surface area (Å²) in [5, 5.41) is 13.2. The third-order valence-electron chi connectivity index (χ3n) is 5.58. The van der Waals surface area contributed by atoms with Crippen molar-refractivity contribution in [3.05, 3.63) is 87.6 Å². The van der Waals surface area contributed by atoms with Crippen molar-refractivity contribution in [2.75, 3.05) is 13.7 Å². The summed E-state index contributed by atoms with van der Waals surface area (Å²) in [4.78, 5) is 28.7. The number of rotatable bonds is 8. The molecule has 2 heterocycles. The fourth-order valence-electron chi connectivity index (χ4n) is 3.95. The van der Waals surface area contributed by atoms with E-state index < -0.39 is 17.7 Å². The quantitative estimate of drug-likeness (QED) is 0.267. The highest BCUT2D eigenvalue weighted by Crippen LogP contribution is 2.42. The van der Waals surface area contributed by atoms with Crippen LogP contribution in [0.2, 0.25) is 0 Å². The van der Waals surface area contributed by atoms with Crippen LogP contribution in [-0.4, -0.2) is 35.4 Å². The first kappa shape index (κ1) is 23.6. The van der Waals surface area contributed by atoms with Crippen LogP contribution in [0.25, 0.3) is 5.76 Å². The number of aliphatic hydroxyl groups excluding tert-OH is 1. The van der Waals surface area contributed by atoms with Crippen LogP contribution in [0.4, 0.5) is 0 Å². The first-order chi connectivity index (χ1) is 16.4. The Hall–Kier alpha value is -3.58. The second-order valence-corrected chi connectivity index (χ2v) is 9.47. The fraction of sp³-hybridized carbons (Fsp3) is 0.259. The minimum Gasteiger partial charge on any atom is -0.507 e. The molecule has 3 aromatic rings. The molecule has 0 radical (unpaired) electrons. The van der Waals surface area contributed by atoms with Crippen molar-refractivity contribution in [3.63, 3.8) is 0 Å². The molecular formula is C27H27NO5S. The summed E-state index contributed by atoms with van der Waals surface area (Å²) in [6.07, 6.45) is 0. The minimum atomic E-state index is -0.709. The molecule has 1 saturated heterocycles. The average molecular weight is 478 g/mol. The van der Waals surface area contributed by atoms with E-state index in [1.54, 1.807) is 31.4 Å². The van der Waals surface area contributed by atoms with Gasteiger partial charge in [0, 0.05) is 16.0 Å². The highest BCUT2D eigenvalue weighted by molar-refractivity contribution is 7.10. The molecule has 0 saturated carbocycles. The van der Waals surface area contributed by atoms with Crippen molar-refractivity contribution < 1.29 is 24.2 Å². The van der Waals surface area contributed by atoms with E-state index in [1.165, 1.54) is 16.2 Å². The summed E-state index contributed by atoms with van der Waals surface area (Å²) >= 11 is 1.43. The Morgan fingerprint density at radius 3 is 2.59 bits per heavy atom. The van der Waals surface area contributed by atoms with Crippen LogP contribution in [0.15, 0.2) is 71.6 Å². The third-order valence-corrected chi connectivity index (χ3v) is 6.50. The molecule has 1 amide bonds. The second kappa shape index (κ2) is 10.1. The van der Waals surface area contributed by atoms with Gasteiger partial charge in [0.2, 0.25) is 0 Å². The molecule has 1 aliphatic rings. The Morgan fingerprint density at radius 2 is 1.88 bits per heavy atom. The molecule has 1 unspecified atom stereocenters. The molecule has 1 N–H and O–H groups in total. The molecule has 0 bridgehead atoms. The van der Waals surface area contributed by atoms with Gasteiger partial charge in [-0.05, 0) is 35.6 Å². The van der Waals surface area contributed by atoms with Crippen molar-refractivity contribution in [2.45, 2.75) is 26.4 Å². The number of hydrogen-bond donors (Lipinski definition) is 1. The minimum absolute atomic E-state index is 0.0726. The number of likely N-dealkylation sites (tertiary alicyclic amines) is 1. The first-order valence-corrected chi connectivity index (χ1v) is 12.0. The van der Waals surface area contributed by atoms with E-state index in [0.717, 1.165) is 10.4 Å². The summed E-state index contributed by atoms with van der Waals surface area (Å²) in [5.74, 6) is -0.0129. The van der Waals surface area contributed by atoms with Crippen LogP contribution in [0.3, 0.4) is 0 Å². The molecule has 34 heavy (non-hydrogen) atoms. The molecule has 1 aliphatic heterocycles. The van der Waals surface area contributed by atoms with Gasteiger partial charge in [-0.2, -0.15) is 0 Å². The highest BCUT2D eigenvalue weighted by atomic mass is 32.1. The van der Waals surface area contributed by atoms with Crippen LogP contribution in [0.5, 0.6) is 11.5 Å². The standard InChI is InChI=1S/C27H27NO5S/c1-17(2)16-33-20-10-6-9-18(14-20)25(29)23-24(22-12-7-13-34-22)28(27(31)26(23)30)15-19-8-4-5-11-21(19)32-3/h4-14,17,24,29H,15-16H2,1-3H3/b25-23-. The molecule has 2 aromatic carbocycles. The molecule has 7 heteroatoms. The Kier molecular flexibility index (Phi) is 7.03. The summed E-state index contributed by atoms with van der Waals surface area (Å²) in [5.41, 5.74) is 1.28. The maximum atomic E-state index is 13.2. The van der Waals surface area contributed by atoms with Crippen molar-refractivity contribution in [3.8, 4) is 11.5 Å². The van der Waals surface area contributed by atoms with E-state index in [-0.39, 0.29) is 17.9 Å². The van der Waals surface area contributed by atoms with E-state index in [1.807, 2.05) is 55.6 Å². The number of benzene rings is 2. The van der Waals surface area contributed by atoms with Crippen LogP contribution in [-0.2, 0) is 16.1 Å². The Balaban J connectivity index is 1.77. The number of carbonyl (C=O) groups excluding carboxylic acids is 2. The fourth-order valence-corrected chi connectivity index (χ4v) is 4.80.